The van der Waals surface area contributed by atoms with Gasteiger partial charge in [-0.1, -0.05) is 43.4 Å². The molecule has 0 aliphatic rings. The minimum atomic E-state index is -3.80. The zero-order chi connectivity index (χ0) is 15.7. The third kappa shape index (κ3) is 8.96. The standard InChI is InChI=1S/C15H23ClO4S/c1-13-8-9-15(14(16)12-13)20-10-6-4-2-3-5-7-11-21(17,18)19/h8-9,12H,2-7,10-11H2,1H3,(H,17,18,19). The number of hydrogen-bond donors (Lipinski definition) is 1. The largest absolute Gasteiger partial charge is 0.492 e. The second-order valence-corrected chi connectivity index (χ2v) is 7.17. The smallest absolute Gasteiger partial charge is 0.264 e. The minimum Gasteiger partial charge on any atom is -0.492 e. The van der Waals surface area contributed by atoms with Gasteiger partial charge in [-0.3, -0.25) is 4.55 Å². The molecular formula is C15H23ClO4S. The SMILES string of the molecule is Cc1ccc(OCCCCCCCCS(=O)(=O)O)c(Cl)c1. The molecule has 1 aromatic rings. The maximum atomic E-state index is 10.5. The monoisotopic (exact) mass is 334 g/mol. The molecule has 6 heteroatoms. The molecule has 0 saturated heterocycles. The summed E-state index contributed by atoms with van der Waals surface area (Å²) in [4.78, 5) is 0. The van der Waals surface area contributed by atoms with E-state index in [2.05, 4.69) is 0 Å². The highest BCUT2D eigenvalue weighted by molar-refractivity contribution is 7.85. The van der Waals surface area contributed by atoms with Gasteiger partial charge in [0.2, 0.25) is 0 Å². The third-order valence-electron chi connectivity index (χ3n) is 3.14. The highest BCUT2D eigenvalue weighted by Gasteiger charge is 2.03. The molecule has 0 heterocycles. The molecule has 0 atom stereocenters. The van der Waals surface area contributed by atoms with Crippen LogP contribution in [-0.4, -0.2) is 25.3 Å². The average molecular weight is 335 g/mol. The van der Waals surface area contributed by atoms with E-state index in [4.69, 9.17) is 20.9 Å². The molecular weight excluding hydrogens is 312 g/mol. The summed E-state index contributed by atoms with van der Waals surface area (Å²) in [6.45, 7) is 2.62. The van der Waals surface area contributed by atoms with Crippen molar-refractivity contribution in [2.75, 3.05) is 12.4 Å². The first-order valence-electron chi connectivity index (χ1n) is 7.22. The van der Waals surface area contributed by atoms with E-state index in [0.29, 0.717) is 18.1 Å². The summed E-state index contributed by atoms with van der Waals surface area (Å²) in [7, 11) is -3.80. The highest BCUT2D eigenvalue weighted by atomic mass is 35.5. The fraction of sp³-hybridized carbons (Fsp3) is 0.600. The van der Waals surface area contributed by atoms with Gasteiger partial charge in [-0.2, -0.15) is 8.42 Å². The summed E-state index contributed by atoms with van der Waals surface area (Å²) in [5.74, 6) is 0.581. The summed E-state index contributed by atoms with van der Waals surface area (Å²) in [6, 6.07) is 5.73. The molecule has 21 heavy (non-hydrogen) atoms. The Labute approximate surface area is 132 Å². The number of rotatable bonds is 10. The van der Waals surface area contributed by atoms with E-state index in [0.717, 1.165) is 43.4 Å². The molecule has 0 aromatic heterocycles. The lowest BCUT2D eigenvalue weighted by molar-refractivity contribution is 0.304. The van der Waals surface area contributed by atoms with Gasteiger partial charge >= 0.3 is 0 Å². The molecule has 4 nitrogen and oxygen atoms in total. The second-order valence-electron chi connectivity index (χ2n) is 5.19. The maximum Gasteiger partial charge on any atom is 0.264 e. The predicted octanol–water partition coefficient (Wildman–Crippen LogP) is 4.26. The van der Waals surface area contributed by atoms with E-state index in [9.17, 15) is 8.42 Å². The summed E-state index contributed by atoms with van der Waals surface area (Å²) < 4.78 is 35.2. The summed E-state index contributed by atoms with van der Waals surface area (Å²) >= 11 is 6.07. The Hall–Kier alpha value is -0.780. The van der Waals surface area contributed by atoms with Crippen LogP contribution in [0.2, 0.25) is 5.02 Å². The Morgan fingerprint density at radius 1 is 1.10 bits per heavy atom. The Morgan fingerprint density at radius 2 is 1.71 bits per heavy atom. The van der Waals surface area contributed by atoms with Gasteiger partial charge in [0.25, 0.3) is 10.1 Å². The molecule has 1 rings (SSSR count). The fourth-order valence-corrected chi connectivity index (χ4v) is 2.86. The Morgan fingerprint density at radius 3 is 2.33 bits per heavy atom. The van der Waals surface area contributed by atoms with E-state index in [1.807, 2.05) is 25.1 Å². The number of benzene rings is 1. The highest BCUT2D eigenvalue weighted by Crippen LogP contribution is 2.25. The number of unbranched alkanes of at least 4 members (excludes halogenated alkanes) is 5. The van der Waals surface area contributed by atoms with E-state index >= 15 is 0 Å². The first-order valence-corrected chi connectivity index (χ1v) is 9.21. The zero-order valence-corrected chi connectivity index (χ0v) is 13.9. The molecule has 0 amide bonds. The summed E-state index contributed by atoms with van der Waals surface area (Å²) in [6.07, 6.45) is 5.34. The second kappa shape index (κ2) is 9.28. The van der Waals surface area contributed by atoms with Crippen LogP contribution >= 0.6 is 11.6 Å². The van der Waals surface area contributed by atoms with Crippen molar-refractivity contribution in [3.8, 4) is 5.75 Å². The van der Waals surface area contributed by atoms with Gasteiger partial charge < -0.3 is 4.74 Å². The van der Waals surface area contributed by atoms with Crippen LogP contribution in [-0.2, 0) is 10.1 Å². The van der Waals surface area contributed by atoms with Crippen LogP contribution in [0, 0.1) is 6.92 Å². The van der Waals surface area contributed by atoms with Crippen LogP contribution in [0.1, 0.15) is 44.1 Å². The summed E-state index contributed by atoms with van der Waals surface area (Å²) in [5, 5.41) is 0.639. The zero-order valence-electron chi connectivity index (χ0n) is 12.3. The van der Waals surface area contributed by atoms with Crippen molar-refractivity contribution in [2.45, 2.75) is 45.4 Å². The van der Waals surface area contributed by atoms with Crippen LogP contribution in [0.5, 0.6) is 5.75 Å². The van der Waals surface area contributed by atoms with Crippen LogP contribution in [0.25, 0.3) is 0 Å². The molecule has 0 spiro atoms. The lowest BCUT2D eigenvalue weighted by Crippen LogP contribution is -2.03. The Balaban J connectivity index is 2.02. The molecule has 120 valence electrons. The molecule has 0 saturated carbocycles. The topological polar surface area (TPSA) is 63.6 Å². The van der Waals surface area contributed by atoms with Crippen LogP contribution < -0.4 is 4.74 Å². The third-order valence-corrected chi connectivity index (χ3v) is 4.24. The van der Waals surface area contributed by atoms with Crippen LogP contribution in [0.15, 0.2) is 18.2 Å². The molecule has 0 bridgehead atoms. The molecule has 1 aromatic carbocycles. The Bertz CT molecular complexity index is 528. The molecule has 1 N–H and O–H groups in total. The van der Waals surface area contributed by atoms with Gasteiger partial charge in [-0.25, -0.2) is 0 Å². The van der Waals surface area contributed by atoms with E-state index in [1.165, 1.54) is 0 Å². The molecule has 0 aliphatic carbocycles. The van der Waals surface area contributed by atoms with Crippen LogP contribution in [0.4, 0.5) is 0 Å². The van der Waals surface area contributed by atoms with Crippen molar-refractivity contribution in [2.24, 2.45) is 0 Å². The number of hydrogen-bond acceptors (Lipinski definition) is 3. The van der Waals surface area contributed by atoms with Gasteiger partial charge in [0.1, 0.15) is 5.75 Å². The first kappa shape index (κ1) is 18.3. The predicted molar refractivity (Wildman–Crippen MR) is 85.8 cm³/mol. The lowest BCUT2D eigenvalue weighted by atomic mass is 10.1. The minimum absolute atomic E-state index is 0.137. The summed E-state index contributed by atoms with van der Waals surface area (Å²) in [5.41, 5.74) is 1.11. The van der Waals surface area contributed by atoms with Gasteiger partial charge in [-0.05, 0) is 37.5 Å². The van der Waals surface area contributed by atoms with Gasteiger partial charge in [0.15, 0.2) is 0 Å². The lowest BCUT2D eigenvalue weighted by Gasteiger charge is -2.08. The average Bonchev–Trinajstić information content (AvgIpc) is 2.37. The quantitative estimate of drug-likeness (QED) is 0.513. The van der Waals surface area contributed by atoms with Crippen LogP contribution in [0.3, 0.4) is 0 Å². The van der Waals surface area contributed by atoms with E-state index < -0.39 is 10.1 Å². The van der Waals surface area contributed by atoms with Gasteiger partial charge in [0.05, 0.1) is 17.4 Å². The van der Waals surface area contributed by atoms with Crippen molar-refractivity contribution >= 4 is 21.7 Å². The molecule has 0 radical (unpaired) electrons. The normalized spacial score (nSPS) is 11.6. The Kier molecular flexibility index (Phi) is 8.07. The van der Waals surface area contributed by atoms with E-state index in [-0.39, 0.29) is 5.75 Å². The van der Waals surface area contributed by atoms with Crippen molar-refractivity contribution in [1.29, 1.82) is 0 Å². The first-order chi connectivity index (χ1) is 9.88. The van der Waals surface area contributed by atoms with Crippen molar-refractivity contribution < 1.29 is 17.7 Å². The fourth-order valence-electron chi connectivity index (χ4n) is 2.00. The number of ether oxygens (including phenoxy) is 1. The van der Waals surface area contributed by atoms with E-state index in [1.54, 1.807) is 0 Å². The van der Waals surface area contributed by atoms with Crippen molar-refractivity contribution in [3.63, 3.8) is 0 Å². The number of halogens is 1. The van der Waals surface area contributed by atoms with Gasteiger partial charge in [0, 0.05) is 0 Å². The molecule has 0 aliphatic heterocycles. The maximum absolute atomic E-state index is 10.5. The molecule has 0 fully saturated rings. The van der Waals surface area contributed by atoms with Crippen molar-refractivity contribution in [3.05, 3.63) is 28.8 Å². The molecule has 0 unspecified atom stereocenters. The van der Waals surface area contributed by atoms with Gasteiger partial charge in [-0.15, -0.1) is 0 Å². The van der Waals surface area contributed by atoms with Crippen molar-refractivity contribution in [1.82, 2.24) is 0 Å². The number of aryl methyl sites for hydroxylation is 1.